The Labute approximate surface area is 117 Å². The van der Waals surface area contributed by atoms with Gasteiger partial charge in [-0.15, -0.1) is 12.4 Å². The van der Waals surface area contributed by atoms with E-state index in [1.807, 2.05) is 6.07 Å². The molecule has 2 nitrogen and oxygen atoms in total. The van der Waals surface area contributed by atoms with Crippen molar-refractivity contribution in [3.63, 3.8) is 0 Å². The molecule has 0 atom stereocenters. The van der Waals surface area contributed by atoms with Crippen LogP contribution in [0, 0.1) is 0 Å². The number of anilines is 1. The molecule has 1 aliphatic carbocycles. The van der Waals surface area contributed by atoms with Crippen LogP contribution in [-0.4, -0.2) is 0 Å². The Balaban J connectivity index is 0.00000110. The Morgan fingerprint density at radius 1 is 0.737 bits per heavy atom. The molecule has 0 amide bonds. The monoisotopic (exact) mass is 268 g/mol. The van der Waals surface area contributed by atoms with Crippen molar-refractivity contribution < 1.29 is 0 Å². The molecule has 1 aliphatic rings. The van der Waals surface area contributed by atoms with E-state index in [2.05, 4.69) is 54.0 Å². The zero-order valence-electron chi connectivity index (χ0n) is 10.2. The van der Waals surface area contributed by atoms with Gasteiger partial charge in [0.15, 0.2) is 0 Å². The average molecular weight is 269 g/mol. The highest BCUT2D eigenvalue weighted by Gasteiger charge is 2.22. The Hall–Kier alpha value is -2.03. The van der Waals surface area contributed by atoms with E-state index in [0.717, 1.165) is 5.69 Å². The van der Waals surface area contributed by atoms with Crippen LogP contribution in [0.4, 0.5) is 5.69 Å². The van der Waals surface area contributed by atoms with Gasteiger partial charge in [0.05, 0.1) is 5.69 Å². The minimum atomic E-state index is 0. The molecule has 3 N–H and O–H groups in total. The van der Waals surface area contributed by atoms with Crippen LogP contribution < -0.4 is 11.3 Å². The van der Waals surface area contributed by atoms with Crippen molar-refractivity contribution in [2.45, 2.75) is 0 Å². The maximum Gasteiger partial charge on any atom is 0.0570 e. The highest BCUT2D eigenvalue weighted by molar-refractivity contribution is 6.18. The molecule has 0 heterocycles. The van der Waals surface area contributed by atoms with Gasteiger partial charge in [0, 0.05) is 5.56 Å². The molecule has 19 heavy (non-hydrogen) atoms. The van der Waals surface area contributed by atoms with Crippen LogP contribution in [0.25, 0.3) is 33.0 Å². The van der Waals surface area contributed by atoms with E-state index in [1.165, 1.54) is 33.0 Å². The first-order valence-corrected chi connectivity index (χ1v) is 6.02. The molecular weight excluding hydrogens is 256 g/mol. The summed E-state index contributed by atoms with van der Waals surface area (Å²) in [6, 6.07) is 19.1. The number of rotatable bonds is 1. The third-order valence-corrected chi connectivity index (χ3v) is 3.69. The van der Waals surface area contributed by atoms with Gasteiger partial charge in [-0.05, 0) is 33.5 Å². The fourth-order valence-electron chi connectivity index (χ4n) is 2.94. The van der Waals surface area contributed by atoms with E-state index in [1.54, 1.807) is 0 Å². The van der Waals surface area contributed by atoms with Crippen molar-refractivity contribution in [1.82, 2.24) is 0 Å². The maximum absolute atomic E-state index is 5.65. The van der Waals surface area contributed by atoms with Gasteiger partial charge in [-0.25, -0.2) is 0 Å². The SMILES string of the molecule is Cl.NNc1ccc2cccc3c2c1-c1ccccc1-3. The smallest absolute Gasteiger partial charge is 0.0570 e. The highest BCUT2D eigenvalue weighted by Crippen LogP contribution is 2.49. The second kappa shape index (κ2) is 4.26. The van der Waals surface area contributed by atoms with Gasteiger partial charge in [-0.1, -0.05) is 48.5 Å². The van der Waals surface area contributed by atoms with E-state index >= 15 is 0 Å². The Bertz CT molecular complexity index is 781. The predicted octanol–water partition coefficient (Wildman–Crippen LogP) is 4.19. The second-order valence-electron chi connectivity index (χ2n) is 4.58. The molecule has 94 valence electrons. The summed E-state index contributed by atoms with van der Waals surface area (Å²) in [6.07, 6.45) is 0. The van der Waals surface area contributed by atoms with Crippen LogP contribution in [0.15, 0.2) is 54.6 Å². The summed E-state index contributed by atoms with van der Waals surface area (Å²) in [4.78, 5) is 0. The number of hydrogen-bond acceptors (Lipinski definition) is 2. The van der Waals surface area contributed by atoms with E-state index in [4.69, 9.17) is 5.84 Å². The molecule has 0 saturated heterocycles. The molecule has 0 fully saturated rings. The van der Waals surface area contributed by atoms with Gasteiger partial charge in [-0.2, -0.15) is 0 Å². The van der Waals surface area contributed by atoms with Gasteiger partial charge in [0.1, 0.15) is 0 Å². The number of nitrogen functional groups attached to an aromatic ring is 1. The molecule has 4 rings (SSSR count). The summed E-state index contributed by atoms with van der Waals surface area (Å²) < 4.78 is 0. The van der Waals surface area contributed by atoms with Gasteiger partial charge in [0.25, 0.3) is 0 Å². The maximum atomic E-state index is 5.65. The standard InChI is InChI=1S/C16H12N2.ClH/c17-18-14-9-8-10-4-3-7-12-11-5-1-2-6-13(11)16(14)15(10)12;/h1-9,18H,17H2;1H. The first kappa shape index (κ1) is 12.0. The Morgan fingerprint density at radius 2 is 1.47 bits per heavy atom. The van der Waals surface area contributed by atoms with Crippen molar-refractivity contribution >= 4 is 28.9 Å². The summed E-state index contributed by atoms with van der Waals surface area (Å²) in [5.41, 5.74) is 8.88. The van der Waals surface area contributed by atoms with Crippen LogP contribution in [-0.2, 0) is 0 Å². The van der Waals surface area contributed by atoms with Crippen LogP contribution in [0.3, 0.4) is 0 Å². The van der Waals surface area contributed by atoms with Gasteiger partial charge in [0.2, 0.25) is 0 Å². The molecule has 0 aromatic heterocycles. The number of hydrazine groups is 1. The quantitative estimate of drug-likeness (QED) is 0.401. The third kappa shape index (κ3) is 1.47. The van der Waals surface area contributed by atoms with Gasteiger partial charge in [-0.3, -0.25) is 5.84 Å². The minimum absolute atomic E-state index is 0. The number of hydrogen-bond donors (Lipinski definition) is 2. The normalized spacial score (nSPS) is 11.0. The molecule has 0 aliphatic heterocycles. The Morgan fingerprint density at radius 3 is 2.26 bits per heavy atom. The van der Waals surface area contributed by atoms with Gasteiger partial charge >= 0.3 is 0 Å². The van der Waals surface area contributed by atoms with Crippen LogP contribution >= 0.6 is 12.4 Å². The molecule has 0 saturated carbocycles. The van der Waals surface area contributed by atoms with E-state index in [0.29, 0.717) is 0 Å². The molecule has 3 heteroatoms. The summed E-state index contributed by atoms with van der Waals surface area (Å²) in [6.45, 7) is 0. The van der Waals surface area contributed by atoms with Gasteiger partial charge < -0.3 is 5.43 Å². The molecule has 3 aromatic carbocycles. The summed E-state index contributed by atoms with van der Waals surface area (Å²) in [5, 5.41) is 2.56. The zero-order chi connectivity index (χ0) is 12.1. The number of nitrogens with one attached hydrogen (secondary N) is 1. The first-order chi connectivity index (χ1) is 8.90. The first-order valence-electron chi connectivity index (χ1n) is 6.02. The van der Waals surface area contributed by atoms with Crippen molar-refractivity contribution in [2.24, 2.45) is 5.84 Å². The van der Waals surface area contributed by atoms with E-state index < -0.39 is 0 Å². The zero-order valence-corrected chi connectivity index (χ0v) is 11.0. The predicted molar refractivity (Wildman–Crippen MR) is 83.4 cm³/mol. The fraction of sp³-hybridized carbons (Fsp3) is 0. The molecule has 0 bridgehead atoms. The number of halogens is 1. The molecule has 0 radical (unpaired) electrons. The topological polar surface area (TPSA) is 38.0 Å². The number of fused-ring (bicyclic) bond motifs is 3. The third-order valence-electron chi connectivity index (χ3n) is 3.69. The average Bonchev–Trinajstić information content (AvgIpc) is 2.77. The molecule has 0 unspecified atom stereocenters. The van der Waals surface area contributed by atoms with Crippen molar-refractivity contribution in [3.8, 4) is 22.3 Å². The lowest BCUT2D eigenvalue weighted by Crippen LogP contribution is -2.07. The fourth-order valence-corrected chi connectivity index (χ4v) is 2.94. The van der Waals surface area contributed by atoms with Crippen molar-refractivity contribution in [2.75, 3.05) is 5.43 Å². The van der Waals surface area contributed by atoms with E-state index in [9.17, 15) is 0 Å². The second-order valence-corrected chi connectivity index (χ2v) is 4.58. The highest BCUT2D eigenvalue weighted by atomic mass is 35.5. The lowest BCUT2D eigenvalue weighted by molar-refractivity contribution is 1.36. The minimum Gasteiger partial charge on any atom is -0.323 e. The van der Waals surface area contributed by atoms with E-state index in [-0.39, 0.29) is 12.4 Å². The molecular formula is C16H13ClN2. The lowest BCUT2D eigenvalue weighted by atomic mass is 10.0. The van der Waals surface area contributed by atoms with Crippen molar-refractivity contribution in [3.05, 3.63) is 54.6 Å². The summed E-state index contributed by atoms with van der Waals surface area (Å²) in [7, 11) is 0. The van der Waals surface area contributed by atoms with Crippen LogP contribution in [0.2, 0.25) is 0 Å². The van der Waals surface area contributed by atoms with Crippen molar-refractivity contribution in [1.29, 1.82) is 0 Å². The largest absolute Gasteiger partial charge is 0.323 e. The summed E-state index contributed by atoms with van der Waals surface area (Å²) in [5.74, 6) is 5.65. The summed E-state index contributed by atoms with van der Waals surface area (Å²) >= 11 is 0. The number of benzene rings is 3. The number of nitrogens with two attached hydrogens (primary N) is 1. The Kier molecular flexibility index (Phi) is 2.70. The molecule has 3 aromatic rings. The van der Waals surface area contributed by atoms with Crippen LogP contribution in [0.5, 0.6) is 0 Å². The molecule has 0 spiro atoms. The van der Waals surface area contributed by atoms with Crippen LogP contribution in [0.1, 0.15) is 0 Å². The lowest BCUT2D eigenvalue weighted by Gasteiger charge is -2.08.